The molecule has 0 bridgehead atoms. The number of halogens is 1. The lowest BCUT2D eigenvalue weighted by Crippen LogP contribution is -2.33. The molecule has 3 heterocycles. The van der Waals surface area contributed by atoms with Crippen LogP contribution in [0.5, 0.6) is 0 Å². The molecule has 2 aromatic heterocycles. The molecule has 112 valence electrons. The topological polar surface area (TPSA) is 28.2 Å². The lowest BCUT2D eigenvalue weighted by atomic mass is 10.00. The van der Waals surface area contributed by atoms with Crippen molar-refractivity contribution in [1.82, 2.24) is 15.2 Å². The second kappa shape index (κ2) is 6.88. The fourth-order valence-electron chi connectivity index (χ4n) is 2.92. The molecule has 0 saturated carbocycles. The molecule has 3 nitrogen and oxygen atoms in total. The van der Waals surface area contributed by atoms with E-state index < -0.39 is 0 Å². The fraction of sp³-hybridized carbons (Fsp3) is 0.438. The summed E-state index contributed by atoms with van der Waals surface area (Å²) in [6.45, 7) is 6.45. The minimum absolute atomic E-state index is 0.283. The Hall–Kier alpha value is -0.940. The van der Waals surface area contributed by atoms with Crippen LogP contribution in [0.2, 0.25) is 4.34 Å². The summed E-state index contributed by atoms with van der Waals surface area (Å²) in [6, 6.07) is 6.59. The Labute approximate surface area is 135 Å². The Balaban J connectivity index is 2.00. The van der Waals surface area contributed by atoms with Crippen molar-refractivity contribution in [2.75, 3.05) is 26.2 Å². The van der Waals surface area contributed by atoms with Crippen molar-refractivity contribution >= 4 is 22.9 Å². The number of rotatable bonds is 3. The number of thiophene rings is 1. The van der Waals surface area contributed by atoms with Gasteiger partial charge in [0.05, 0.1) is 10.4 Å². The number of nitrogens with one attached hydrogen (secondary N) is 1. The van der Waals surface area contributed by atoms with Crippen molar-refractivity contribution in [3.63, 3.8) is 0 Å². The SMILES string of the molecule is Cc1cnccc1C(c1ccc(Cl)s1)N1CCCNCC1. The normalized spacial score (nSPS) is 18.4. The summed E-state index contributed by atoms with van der Waals surface area (Å²) in [7, 11) is 0. The maximum absolute atomic E-state index is 6.18. The zero-order chi connectivity index (χ0) is 14.7. The maximum Gasteiger partial charge on any atom is 0.0931 e. The van der Waals surface area contributed by atoms with Gasteiger partial charge in [-0.2, -0.15) is 0 Å². The van der Waals surface area contributed by atoms with E-state index in [-0.39, 0.29) is 6.04 Å². The van der Waals surface area contributed by atoms with Crippen molar-refractivity contribution in [3.05, 3.63) is 50.9 Å². The van der Waals surface area contributed by atoms with E-state index in [9.17, 15) is 0 Å². The van der Waals surface area contributed by atoms with Gasteiger partial charge in [-0.25, -0.2) is 0 Å². The van der Waals surface area contributed by atoms with Crippen LogP contribution in [-0.4, -0.2) is 36.1 Å². The molecule has 0 spiro atoms. The molecular weight excluding hydrogens is 302 g/mol. The first-order valence-corrected chi connectivity index (χ1v) is 8.55. The Morgan fingerprint density at radius 3 is 2.95 bits per heavy atom. The molecule has 21 heavy (non-hydrogen) atoms. The Bertz CT molecular complexity index is 591. The first kappa shape index (κ1) is 15.0. The summed E-state index contributed by atoms with van der Waals surface area (Å²) in [5, 5.41) is 3.48. The van der Waals surface area contributed by atoms with Gasteiger partial charge in [0.15, 0.2) is 0 Å². The van der Waals surface area contributed by atoms with Gasteiger partial charge in [0.2, 0.25) is 0 Å². The van der Waals surface area contributed by atoms with Gasteiger partial charge in [-0.15, -0.1) is 11.3 Å². The molecule has 1 atom stereocenters. The van der Waals surface area contributed by atoms with Gasteiger partial charge in [0.25, 0.3) is 0 Å². The molecule has 1 saturated heterocycles. The van der Waals surface area contributed by atoms with Crippen molar-refractivity contribution in [2.45, 2.75) is 19.4 Å². The molecule has 0 aliphatic carbocycles. The monoisotopic (exact) mass is 321 g/mol. The molecule has 0 amide bonds. The third kappa shape index (κ3) is 3.46. The molecule has 1 aliphatic heterocycles. The van der Waals surface area contributed by atoms with Crippen LogP contribution in [0.3, 0.4) is 0 Å². The maximum atomic E-state index is 6.18. The first-order chi connectivity index (χ1) is 10.3. The lowest BCUT2D eigenvalue weighted by molar-refractivity contribution is 0.243. The summed E-state index contributed by atoms with van der Waals surface area (Å²) in [5.74, 6) is 0. The minimum atomic E-state index is 0.283. The van der Waals surface area contributed by atoms with E-state index in [4.69, 9.17) is 11.6 Å². The molecule has 0 radical (unpaired) electrons. The smallest absolute Gasteiger partial charge is 0.0931 e. The van der Waals surface area contributed by atoms with Crippen molar-refractivity contribution in [3.8, 4) is 0 Å². The molecule has 1 aliphatic rings. The highest BCUT2D eigenvalue weighted by Gasteiger charge is 2.25. The van der Waals surface area contributed by atoms with Crippen LogP contribution in [0, 0.1) is 6.92 Å². The molecule has 3 rings (SSSR count). The molecule has 1 fully saturated rings. The van der Waals surface area contributed by atoms with Crippen LogP contribution in [-0.2, 0) is 0 Å². The third-order valence-electron chi connectivity index (χ3n) is 3.96. The van der Waals surface area contributed by atoms with Gasteiger partial charge in [0, 0.05) is 36.9 Å². The van der Waals surface area contributed by atoms with E-state index in [2.05, 4.69) is 34.3 Å². The average molecular weight is 322 g/mol. The Morgan fingerprint density at radius 1 is 1.29 bits per heavy atom. The summed E-state index contributed by atoms with van der Waals surface area (Å²) in [4.78, 5) is 8.11. The zero-order valence-corrected chi connectivity index (χ0v) is 13.8. The van der Waals surface area contributed by atoms with Crippen LogP contribution in [0.15, 0.2) is 30.6 Å². The molecule has 1 unspecified atom stereocenters. The Morgan fingerprint density at radius 2 is 2.19 bits per heavy atom. The summed E-state index contributed by atoms with van der Waals surface area (Å²) in [6.07, 6.45) is 5.02. The summed E-state index contributed by atoms with van der Waals surface area (Å²) >= 11 is 7.86. The number of nitrogens with zero attached hydrogens (tertiary/aromatic N) is 2. The minimum Gasteiger partial charge on any atom is -0.315 e. The number of hydrogen-bond acceptors (Lipinski definition) is 4. The number of aryl methyl sites for hydroxylation is 1. The van der Waals surface area contributed by atoms with Crippen molar-refractivity contribution in [2.24, 2.45) is 0 Å². The summed E-state index contributed by atoms with van der Waals surface area (Å²) < 4.78 is 0.856. The van der Waals surface area contributed by atoms with Gasteiger partial charge in [-0.05, 0) is 49.2 Å². The van der Waals surface area contributed by atoms with Gasteiger partial charge >= 0.3 is 0 Å². The van der Waals surface area contributed by atoms with E-state index in [0.29, 0.717) is 0 Å². The van der Waals surface area contributed by atoms with E-state index in [0.717, 1.165) is 30.5 Å². The largest absolute Gasteiger partial charge is 0.315 e. The van der Waals surface area contributed by atoms with Crippen LogP contribution in [0.4, 0.5) is 0 Å². The van der Waals surface area contributed by atoms with E-state index in [1.54, 1.807) is 11.3 Å². The van der Waals surface area contributed by atoms with E-state index >= 15 is 0 Å². The van der Waals surface area contributed by atoms with Gasteiger partial charge in [-0.1, -0.05) is 11.6 Å². The second-order valence-electron chi connectivity index (χ2n) is 5.42. The molecule has 1 N–H and O–H groups in total. The zero-order valence-electron chi connectivity index (χ0n) is 12.2. The van der Waals surface area contributed by atoms with Crippen LogP contribution in [0.1, 0.15) is 28.5 Å². The number of aromatic nitrogens is 1. The van der Waals surface area contributed by atoms with Gasteiger partial charge < -0.3 is 5.32 Å². The lowest BCUT2D eigenvalue weighted by Gasteiger charge is -2.31. The molecule has 2 aromatic rings. The predicted molar refractivity (Wildman–Crippen MR) is 89.2 cm³/mol. The first-order valence-electron chi connectivity index (χ1n) is 7.36. The van der Waals surface area contributed by atoms with Crippen LogP contribution < -0.4 is 5.32 Å². The van der Waals surface area contributed by atoms with Crippen LogP contribution in [0.25, 0.3) is 0 Å². The number of hydrogen-bond donors (Lipinski definition) is 1. The molecule has 5 heteroatoms. The fourth-order valence-corrected chi connectivity index (χ4v) is 4.14. The molecular formula is C16H20ClN3S. The van der Waals surface area contributed by atoms with Crippen molar-refractivity contribution < 1.29 is 0 Å². The van der Waals surface area contributed by atoms with Gasteiger partial charge in [-0.3, -0.25) is 9.88 Å². The second-order valence-corrected chi connectivity index (χ2v) is 7.16. The van der Waals surface area contributed by atoms with Crippen molar-refractivity contribution in [1.29, 1.82) is 0 Å². The average Bonchev–Trinajstić information content (AvgIpc) is 2.74. The highest BCUT2D eigenvalue weighted by Crippen LogP contribution is 2.36. The quantitative estimate of drug-likeness (QED) is 0.938. The van der Waals surface area contributed by atoms with E-state index in [1.807, 2.05) is 18.5 Å². The highest BCUT2D eigenvalue weighted by molar-refractivity contribution is 7.16. The predicted octanol–water partition coefficient (Wildman–Crippen LogP) is 3.49. The van der Waals surface area contributed by atoms with Crippen LogP contribution >= 0.6 is 22.9 Å². The standard InChI is InChI=1S/C16H20ClN3S/c1-12-11-19-7-5-13(12)16(14-3-4-15(17)21-14)20-9-2-6-18-8-10-20/h3-5,7,11,16,18H,2,6,8-10H2,1H3. The highest BCUT2D eigenvalue weighted by atomic mass is 35.5. The van der Waals surface area contributed by atoms with Gasteiger partial charge in [0.1, 0.15) is 0 Å². The number of pyridine rings is 1. The third-order valence-corrected chi connectivity index (χ3v) is 5.25. The Kier molecular flexibility index (Phi) is 4.91. The van der Waals surface area contributed by atoms with E-state index in [1.165, 1.54) is 22.4 Å². The molecule has 0 aromatic carbocycles. The summed E-state index contributed by atoms with van der Waals surface area (Å²) in [5.41, 5.74) is 2.58.